The van der Waals surface area contributed by atoms with Crippen molar-refractivity contribution in [1.29, 1.82) is 0 Å². The molecule has 0 radical (unpaired) electrons. The highest BCUT2D eigenvalue weighted by molar-refractivity contribution is 7.46. The van der Waals surface area contributed by atoms with E-state index in [1.54, 1.807) is 29.5 Å². The lowest BCUT2D eigenvalue weighted by atomic mass is 10.1. The molecule has 0 aliphatic rings. The summed E-state index contributed by atoms with van der Waals surface area (Å²) in [6.07, 6.45) is 15.0. The van der Waals surface area contributed by atoms with Crippen molar-refractivity contribution in [2.24, 2.45) is 0 Å². The first kappa shape index (κ1) is 37.0. The van der Waals surface area contributed by atoms with E-state index >= 15 is 0 Å². The van der Waals surface area contributed by atoms with Crippen molar-refractivity contribution in [2.45, 2.75) is 104 Å². The van der Waals surface area contributed by atoms with Crippen molar-refractivity contribution in [3.63, 3.8) is 0 Å². The summed E-state index contributed by atoms with van der Waals surface area (Å²) in [5.41, 5.74) is 3.80. The van der Waals surface area contributed by atoms with Crippen molar-refractivity contribution in [3.05, 3.63) is 70.7 Å². The number of ether oxygens (including phenoxy) is 3. The minimum Gasteiger partial charge on any atom is -0.746 e. The van der Waals surface area contributed by atoms with Gasteiger partial charge in [-0.25, -0.2) is 0 Å². The molecule has 3 rings (SSSR count). The molecule has 250 valence electrons. The maximum atomic E-state index is 12.7. The molecule has 0 spiro atoms. The lowest BCUT2D eigenvalue weighted by Crippen LogP contribution is -2.30. The van der Waals surface area contributed by atoms with Crippen molar-refractivity contribution in [3.8, 4) is 17.2 Å². The summed E-state index contributed by atoms with van der Waals surface area (Å²) < 4.78 is 43.2. The Bertz CT molecular complexity index is 1260. The number of nitrogens with zero attached hydrogens (tertiary/aromatic N) is 1. The van der Waals surface area contributed by atoms with E-state index in [-0.39, 0.29) is 19.0 Å². The molecule has 1 heterocycles. The molecule has 2 atom stereocenters. The molecule has 2 unspecified atom stereocenters. The lowest BCUT2D eigenvalue weighted by Gasteiger charge is -2.26. The molecule has 3 aromatic rings. The van der Waals surface area contributed by atoms with Crippen LogP contribution in [0.15, 0.2) is 59.6 Å². The van der Waals surface area contributed by atoms with E-state index in [1.807, 2.05) is 59.8 Å². The van der Waals surface area contributed by atoms with Crippen LogP contribution < -0.4 is 23.5 Å². The van der Waals surface area contributed by atoms with Crippen LogP contribution in [0.5, 0.6) is 17.2 Å². The predicted molar refractivity (Wildman–Crippen MR) is 178 cm³/mol. The number of thiazole rings is 1. The van der Waals surface area contributed by atoms with E-state index in [9.17, 15) is 9.46 Å². The van der Waals surface area contributed by atoms with Gasteiger partial charge in [-0.1, -0.05) is 101 Å². The molecule has 2 aromatic carbocycles. The van der Waals surface area contributed by atoms with Crippen LogP contribution in [0.1, 0.15) is 95.6 Å². The maximum absolute atomic E-state index is 12.7. The quantitative estimate of drug-likeness (QED) is 0.0512. The summed E-state index contributed by atoms with van der Waals surface area (Å²) in [6.45, 7) is 7.84. The number of benzene rings is 2. The molecule has 0 aliphatic carbocycles. The van der Waals surface area contributed by atoms with Gasteiger partial charge in [0, 0.05) is 17.7 Å². The summed E-state index contributed by atoms with van der Waals surface area (Å²) in [5.74, 6) is 1.67. The van der Waals surface area contributed by atoms with Crippen molar-refractivity contribution < 1.29 is 37.3 Å². The van der Waals surface area contributed by atoms with Crippen LogP contribution in [0.4, 0.5) is 0 Å². The second-order valence-electron chi connectivity index (χ2n) is 11.4. The fourth-order valence-electron chi connectivity index (χ4n) is 4.88. The van der Waals surface area contributed by atoms with E-state index in [1.165, 1.54) is 57.8 Å². The fourth-order valence-corrected chi connectivity index (χ4v) is 6.25. The minimum atomic E-state index is -4.65. The molecule has 0 amide bonds. The maximum Gasteiger partial charge on any atom is 0.319 e. The molecule has 0 saturated heterocycles. The zero-order chi connectivity index (χ0) is 32.2. The Kier molecular flexibility index (Phi) is 17.6. The van der Waals surface area contributed by atoms with Gasteiger partial charge in [-0.05, 0) is 44.0 Å². The molecule has 0 fully saturated rings. The topological polar surface area (TPSA) is 90.2 Å². The normalized spacial score (nSPS) is 13.3. The van der Waals surface area contributed by atoms with Crippen LogP contribution in [0.2, 0.25) is 0 Å². The van der Waals surface area contributed by atoms with E-state index in [2.05, 4.69) is 6.92 Å². The molecular weight excluding hydrogens is 609 g/mol. The second kappa shape index (κ2) is 21.4. The molecule has 0 N–H and O–H groups in total. The van der Waals surface area contributed by atoms with Gasteiger partial charge in [0.25, 0.3) is 0 Å². The number of rotatable bonds is 25. The average Bonchev–Trinajstić information content (AvgIpc) is 3.53. The number of hydrogen-bond donors (Lipinski definition) is 0. The third-order valence-electron chi connectivity index (χ3n) is 7.40. The lowest BCUT2D eigenvalue weighted by molar-refractivity contribution is -0.683. The van der Waals surface area contributed by atoms with Crippen LogP contribution in [-0.2, 0) is 20.4 Å². The first-order valence-electron chi connectivity index (χ1n) is 16.5. The summed E-state index contributed by atoms with van der Waals surface area (Å²) in [6, 6.07) is 12.7. The highest BCUT2D eigenvalue weighted by Crippen LogP contribution is 2.40. The number of hydrogen-bond acceptors (Lipinski definition) is 8. The Morgan fingerprint density at radius 3 is 2.22 bits per heavy atom. The van der Waals surface area contributed by atoms with Crippen molar-refractivity contribution in [1.82, 2.24) is 0 Å². The number of unbranched alkanes of at least 4 members (excludes halogenated alkanes) is 9. The molecule has 0 aliphatic heterocycles. The molecule has 10 heteroatoms. The Labute approximate surface area is 274 Å². The van der Waals surface area contributed by atoms with Gasteiger partial charge in [-0.3, -0.25) is 4.57 Å². The standard InChI is InChI=1S/C35H52NO7PS/c1-4-6-7-8-9-10-11-12-13-14-23-40-34-19-16-20-35(30(34)3)41-27-33(39-22-5-2)28-42-44(37,38)43-32-18-15-17-31(25-32)26-36-21-24-45-29-36/h15-21,24-25,29,33H,4-14,22-23,26-28H2,1-3H3. The van der Waals surface area contributed by atoms with Gasteiger partial charge in [-0.2, -0.15) is 4.57 Å². The van der Waals surface area contributed by atoms with Crippen molar-refractivity contribution >= 4 is 19.2 Å². The van der Waals surface area contributed by atoms with Crippen LogP contribution in [-0.4, -0.2) is 32.5 Å². The summed E-state index contributed by atoms with van der Waals surface area (Å²) in [5, 5.41) is 1.98. The Balaban J connectivity index is 1.42. The molecule has 0 bridgehead atoms. The van der Waals surface area contributed by atoms with Gasteiger partial charge < -0.3 is 28.2 Å². The monoisotopic (exact) mass is 661 g/mol. The van der Waals surface area contributed by atoms with E-state index in [0.717, 1.165) is 29.7 Å². The zero-order valence-electron chi connectivity index (χ0n) is 27.3. The number of phosphoric acid groups is 1. The molecule has 0 saturated carbocycles. The summed E-state index contributed by atoms with van der Waals surface area (Å²) >= 11 is 1.59. The van der Waals surface area contributed by atoms with Crippen LogP contribution >= 0.6 is 19.2 Å². The van der Waals surface area contributed by atoms with Crippen LogP contribution in [0.25, 0.3) is 0 Å². The van der Waals surface area contributed by atoms with Gasteiger partial charge >= 0.3 is 7.82 Å². The van der Waals surface area contributed by atoms with Gasteiger partial charge in [0.05, 0.1) is 18.6 Å². The predicted octanol–water partition coefficient (Wildman–Crippen LogP) is 8.43. The van der Waals surface area contributed by atoms with E-state index < -0.39 is 13.9 Å². The Morgan fingerprint density at radius 1 is 0.844 bits per heavy atom. The van der Waals surface area contributed by atoms with Gasteiger partial charge in [-0.15, -0.1) is 0 Å². The minimum absolute atomic E-state index is 0.121. The van der Waals surface area contributed by atoms with E-state index in [4.69, 9.17) is 23.3 Å². The summed E-state index contributed by atoms with van der Waals surface area (Å²) in [7, 11) is -4.65. The van der Waals surface area contributed by atoms with Crippen molar-refractivity contribution in [2.75, 3.05) is 26.4 Å². The third kappa shape index (κ3) is 15.1. The fraction of sp³-hybridized carbons (Fsp3) is 0.571. The van der Waals surface area contributed by atoms with Crippen LogP contribution in [0, 0.1) is 6.92 Å². The van der Waals surface area contributed by atoms with Gasteiger partial charge in [0.2, 0.25) is 5.51 Å². The van der Waals surface area contributed by atoms with Gasteiger partial charge in [0.15, 0.2) is 12.7 Å². The van der Waals surface area contributed by atoms with E-state index in [0.29, 0.717) is 25.5 Å². The Hall–Kier alpha value is -2.42. The highest BCUT2D eigenvalue weighted by Gasteiger charge is 2.19. The first-order chi connectivity index (χ1) is 21.9. The zero-order valence-corrected chi connectivity index (χ0v) is 29.0. The highest BCUT2D eigenvalue weighted by atomic mass is 32.1. The Morgan fingerprint density at radius 2 is 1.53 bits per heavy atom. The SMILES string of the molecule is CCCCCCCCCCCCOc1cccc(OCC(COP(=O)([O-])Oc2cccc(C[n+]3ccsc3)c2)OCCC)c1C. The van der Waals surface area contributed by atoms with Gasteiger partial charge in [0.1, 0.15) is 30.0 Å². The first-order valence-corrected chi connectivity index (χ1v) is 18.9. The summed E-state index contributed by atoms with van der Waals surface area (Å²) in [4.78, 5) is 12.7. The molecule has 1 aromatic heterocycles. The molecule has 8 nitrogen and oxygen atoms in total. The molecule has 45 heavy (non-hydrogen) atoms. The smallest absolute Gasteiger partial charge is 0.319 e. The third-order valence-corrected chi connectivity index (χ3v) is 8.97. The average molecular weight is 662 g/mol. The molecular formula is C35H52NO7PS. The largest absolute Gasteiger partial charge is 0.746 e. The van der Waals surface area contributed by atoms with Crippen LogP contribution in [0.3, 0.4) is 0 Å². The number of phosphoric ester groups is 1. The number of aromatic nitrogens is 1. The second-order valence-corrected chi connectivity index (χ2v) is 13.5.